The molecule has 1 N–H and O–H groups in total. The Morgan fingerprint density at radius 1 is 1.27 bits per heavy atom. The van der Waals surface area contributed by atoms with Crippen LogP contribution in [0.5, 0.6) is 0 Å². The monoisotopic (exact) mass is 384 g/mol. The summed E-state index contributed by atoms with van der Waals surface area (Å²) in [5, 5.41) is 8.75. The van der Waals surface area contributed by atoms with Crippen molar-refractivity contribution < 1.29 is 9.05 Å². The average molecular weight is 384 g/mol. The maximum Gasteiger partial charge on any atom is 0.328 e. The van der Waals surface area contributed by atoms with Crippen molar-refractivity contribution in [3.63, 3.8) is 0 Å². The molecule has 0 radical (unpaired) electrons. The lowest BCUT2D eigenvalue weighted by Crippen LogP contribution is -2.36. The first-order valence-corrected chi connectivity index (χ1v) is 9.85. The molecule has 0 saturated carbocycles. The molecule has 2 unspecified atom stereocenters. The topological polar surface area (TPSA) is 100 Å². The highest BCUT2D eigenvalue weighted by molar-refractivity contribution is 7.44. The highest BCUT2D eigenvalue weighted by Gasteiger charge is 2.28. The van der Waals surface area contributed by atoms with Gasteiger partial charge >= 0.3 is 5.69 Å². The van der Waals surface area contributed by atoms with Crippen LogP contribution in [0.25, 0.3) is 0 Å². The van der Waals surface area contributed by atoms with Crippen LogP contribution < -0.4 is 11.2 Å². The highest BCUT2D eigenvalue weighted by Crippen LogP contribution is 2.47. The van der Waals surface area contributed by atoms with E-state index >= 15 is 0 Å². The van der Waals surface area contributed by atoms with Gasteiger partial charge in [-0.25, -0.2) is 9.46 Å². The molecule has 1 aromatic heterocycles. The van der Waals surface area contributed by atoms with Crippen LogP contribution in [0.1, 0.15) is 46.6 Å². The largest absolute Gasteiger partial charge is 0.328 e. The van der Waals surface area contributed by atoms with Gasteiger partial charge in [0.25, 0.3) is 14.1 Å². The van der Waals surface area contributed by atoms with Gasteiger partial charge in [-0.15, -0.1) is 0 Å². The molecule has 1 aromatic rings. The number of aromatic nitrogens is 2. The molecule has 1 rings (SSSR count). The molecule has 26 heavy (non-hydrogen) atoms. The number of hydrogen-bond acceptors (Lipinski definition) is 6. The number of aromatic amines is 1. The van der Waals surface area contributed by atoms with Crippen LogP contribution in [0.2, 0.25) is 0 Å². The Bertz CT molecular complexity index is 715. The summed E-state index contributed by atoms with van der Waals surface area (Å²) in [5.41, 5.74) is -0.377. The molecule has 0 saturated heterocycles. The van der Waals surface area contributed by atoms with Crippen molar-refractivity contribution in [1.82, 2.24) is 14.2 Å². The molecule has 0 aliphatic heterocycles. The van der Waals surface area contributed by atoms with E-state index in [1.807, 2.05) is 6.92 Å². The van der Waals surface area contributed by atoms with Crippen molar-refractivity contribution in [2.75, 3.05) is 6.61 Å². The first kappa shape index (κ1) is 22.5. The molecule has 146 valence electrons. The fraction of sp³-hybridized carbons (Fsp3) is 0.706. The number of nitrogens with one attached hydrogen (secondary N) is 1. The number of aryl methyl sites for hydroxylation is 1. The van der Waals surface area contributed by atoms with Gasteiger partial charge in [0, 0.05) is 23.8 Å². The summed E-state index contributed by atoms with van der Waals surface area (Å²) in [6.45, 7) is 12.3. The highest BCUT2D eigenvalue weighted by atomic mass is 31.2. The van der Waals surface area contributed by atoms with Crippen LogP contribution in [0.3, 0.4) is 0 Å². The fourth-order valence-corrected chi connectivity index (χ4v) is 4.19. The summed E-state index contributed by atoms with van der Waals surface area (Å²) in [5.74, 6) is 0. The summed E-state index contributed by atoms with van der Waals surface area (Å²) < 4.78 is 15.5. The van der Waals surface area contributed by atoms with E-state index in [9.17, 15) is 9.59 Å². The van der Waals surface area contributed by atoms with Crippen LogP contribution in [0.4, 0.5) is 0 Å². The van der Waals surface area contributed by atoms with Crippen molar-refractivity contribution in [2.45, 2.75) is 72.7 Å². The van der Waals surface area contributed by atoms with E-state index < -0.39 is 14.2 Å². The Hall–Kier alpha value is -1.52. The maximum atomic E-state index is 12.0. The van der Waals surface area contributed by atoms with Crippen LogP contribution in [0, 0.1) is 18.3 Å². The number of hydrogen-bond donors (Lipinski definition) is 1. The molecule has 8 nitrogen and oxygen atoms in total. The van der Waals surface area contributed by atoms with Crippen LogP contribution in [-0.4, -0.2) is 39.0 Å². The van der Waals surface area contributed by atoms with E-state index in [-0.39, 0.29) is 23.7 Å². The molecule has 2 atom stereocenters. The zero-order chi connectivity index (χ0) is 19.9. The molecule has 0 aliphatic rings. The van der Waals surface area contributed by atoms with Gasteiger partial charge in [0.05, 0.1) is 31.7 Å². The SMILES string of the molecule is Cc1cn(CC(C)OP(OCCC#N)N(C(C)C)C(C)C)c(=O)[nH]c1=O. The first-order valence-electron chi connectivity index (χ1n) is 8.72. The number of rotatable bonds is 10. The quantitative estimate of drug-likeness (QED) is 0.491. The van der Waals surface area contributed by atoms with Crippen molar-refractivity contribution >= 4 is 8.53 Å². The predicted octanol–water partition coefficient (Wildman–Crippen LogP) is 2.53. The standard InChI is InChI=1S/C17H29N4O4P/c1-12(2)21(13(3)4)26(24-9-7-8-18)25-15(6)11-20-10-14(5)16(22)19-17(20)23/h10,12-13,15H,7,9,11H2,1-6H3,(H,19,22,23). The van der Waals surface area contributed by atoms with Crippen molar-refractivity contribution in [3.8, 4) is 6.07 Å². The lowest BCUT2D eigenvalue weighted by Gasteiger charge is -2.36. The summed E-state index contributed by atoms with van der Waals surface area (Å²) in [6.07, 6.45) is 1.51. The van der Waals surface area contributed by atoms with Gasteiger partial charge in [0.15, 0.2) is 0 Å². The van der Waals surface area contributed by atoms with Gasteiger partial charge in [-0.1, -0.05) is 0 Å². The maximum absolute atomic E-state index is 12.0. The minimum Gasteiger partial charge on any atom is -0.321 e. The molecular weight excluding hydrogens is 355 g/mol. The molecule has 0 amide bonds. The van der Waals surface area contributed by atoms with Crippen molar-refractivity contribution in [2.24, 2.45) is 0 Å². The molecular formula is C17H29N4O4P. The van der Waals surface area contributed by atoms with Crippen LogP contribution in [-0.2, 0) is 15.6 Å². The summed E-state index contributed by atoms with van der Waals surface area (Å²) in [4.78, 5) is 25.7. The summed E-state index contributed by atoms with van der Waals surface area (Å²) in [7, 11) is -1.38. The van der Waals surface area contributed by atoms with Gasteiger partial charge in [0.2, 0.25) is 0 Å². The van der Waals surface area contributed by atoms with Gasteiger partial charge in [-0.05, 0) is 41.5 Å². The zero-order valence-corrected chi connectivity index (χ0v) is 17.2. The van der Waals surface area contributed by atoms with Gasteiger partial charge in [0.1, 0.15) is 0 Å². The first-order chi connectivity index (χ1) is 12.2. The second kappa shape index (κ2) is 10.6. The van der Waals surface area contributed by atoms with E-state index in [0.717, 1.165) is 0 Å². The Kier molecular flexibility index (Phi) is 9.17. The third-order valence-corrected chi connectivity index (χ3v) is 5.82. The van der Waals surface area contributed by atoms with Crippen LogP contribution >= 0.6 is 8.53 Å². The molecule has 1 heterocycles. The number of nitrogens with zero attached hydrogens (tertiary/aromatic N) is 3. The van der Waals surface area contributed by atoms with Gasteiger partial charge < -0.3 is 9.05 Å². The lowest BCUT2D eigenvalue weighted by atomic mass is 10.3. The molecule has 0 spiro atoms. The predicted molar refractivity (Wildman–Crippen MR) is 102 cm³/mol. The second-order valence-corrected chi connectivity index (χ2v) is 8.09. The normalized spacial score (nSPS) is 14.0. The number of nitriles is 1. The second-order valence-electron chi connectivity index (χ2n) is 6.69. The smallest absolute Gasteiger partial charge is 0.321 e. The third-order valence-electron chi connectivity index (χ3n) is 3.58. The minimum absolute atomic E-state index is 0.202. The molecule has 9 heteroatoms. The van der Waals surface area contributed by atoms with E-state index in [2.05, 4.69) is 43.4 Å². The molecule has 0 fully saturated rings. The number of H-pyrrole nitrogens is 1. The van der Waals surface area contributed by atoms with E-state index in [0.29, 0.717) is 25.1 Å². The lowest BCUT2D eigenvalue weighted by molar-refractivity contribution is 0.130. The Morgan fingerprint density at radius 2 is 1.88 bits per heavy atom. The molecule has 0 aliphatic carbocycles. The van der Waals surface area contributed by atoms with E-state index in [1.165, 1.54) is 10.8 Å². The van der Waals surface area contributed by atoms with Gasteiger partial charge in [-0.2, -0.15) is 5.26 Å². The Balaban J connectivity index is 2.92. The Labute approximate surface area is 155 Å². The van der Waals surface area contributed by atoms with Gasteiger partial charge in [-0.3, -0.25) is 14.3 Å². The van der Waals surface area contributed by atoms with E-state index in [4.69, 9.17) is 14.3 Å². The van der Waals surface area contributed by atoms with Crippen molar-refractivity contribution in [3.05, 3.63) is 32.6 Å². The third kappa shape index (κ3) is 6.65. The zero-order valence-electron chi connectivity index (χ0n) is 16.4. The Morgan fingerprint density at radius 3 is 2.42 bits per heavy atom. The van der Waals surface area contributed by atoms with E-state index in [1.54, 1.807) is 6.92 Å². The molecule has 0 bridgehead atoms. The van der Waals surface area contributed by atoms with Crippen LogP contribution in [0.15, 0.2) is 15.8 Å². The average Bonchev–Trinajstić information content (AvgIpc) is 2.52. The summed E-state index contributed by atoms with van der Waals surface area (Å²) >= 11 is 0. The summed E-state index contributed by atoms with van der Waals surface area (Å²) in [6, 6.07) is 2.47. The van der Waals surface area contributed by atoms with Crippen molar-refractivity contribution in [1.29, 1.82) is 5.26 Å². The molecule has 0 aromatic carbocycles. The fourth-order valence-electron chi connectivity index (χ4n) is 2.51. The minimum atomic E-state index is -1.38.